The van der Waals surface area contributed by atoms with Gasteiger partial charge in [0, 0.05) is 31.1 Å². The van der Waals surface area contributed by atoms with E-state index in [1.54, 1.807) is 11.6 Å². The maximum atomic E-state index is 12.2. The van der Waals surface area contributed by atoms with E-state index in [-0.39, 0.29) is 29.7 Å². The predicted molar refractivity (Wildman–Crippen MR) is 80.6 cm³/mol. The van der Waals surface area contributed by atoms with Crippen LogP contribution in [0.5, 0.6) is 0 Å². The first kappa shape index (κ1) is 15.7. The van der Waals surface area contributed by atoms with E-state index in [4.69, 9.17) is 5.73 Å². The molecule has 4 N–H and O–H groups in total. The van der Waals surface area contributed by atoms with Crippen molar-refractivity contribution in [3.05, 3.63) is 11.6 Å². The Morgan fingerprint density at radius 1 is 1.48 bits per heavy atom. The first-order valence-corrected chi connectivity index (χ1v) is 8.79. The van der Waals surface area contributed by atoms with Crippen molar-refractivity contribution in [3.63, 3.8) is 0 Å². The molecule has 21 heavy (non-hydrogen) atoms. The Hall–Kier alpha value is -1.65. The molecule has 1 amide bonds. The smallest absolute Gasteiger partial charge is 0.260 e. The lowest BCUT2D eigenvalue weighted by Gasteiger charge is -2.07. The van der Waals surface area contributed by atoms with Gasteiger partial charge >= 0.3 is 0 Å². The van der Waals surface area contributed by atoms with Gasteiger partial charge in [0.15, 0.2) is 15.8 Å². The molecule has 0 unspecified atom stereocenters. The highest BCUT2D eigenvalue weighted by atomic mass is 32.2. The van der Waals surface area contributed by atoms with Gasteiger partial charge in [0.05, 0.1) is 0 Å². The summed E-state index contributed by atoms with van der Waals surface area (Å²) < 4.78 is 28.3. The van der Waals surface area contributed by atoms with E-state index < -0.39 is 10.0 Å². The van der Waals surface area contributed by atoms with Crippen molar-refractivity contribution in [2.75, 3.05) is 18.8 Å². The lowest BCUT2D eigenvalue weighted by atomic mass is 10.4. The van der Waals surface area contributed by atoms with E-state index >= 15 is 0 Å². The summed E-state index contributed by atoms with van der Waals surface area (Å²) in [5, 5.41) is 4.31. The van der Waals surface area contributed by atoms with Crippen LogP contribution in [0.2, 0.25) is 0 Å². The van der Waals surface area contributed by atoms with Crippen LogP contribution in [-0.4, -0.2) is 36.8 Å². The Labute approximate surface area is 126 Å². The molecule has 2 heterocycles. The molecule has 0 aliphatic carbocycles. The predicted octanol–water partition coefficient (Wildman–Crippen LogP) is 0.173. The summed E-state index contributed by atoms with van der Waals surface area (Å²) in [6.07, 6.45) is 2.50. The second kappa shape index (κ2) is 6.41. The minimum Gasteiger partial charge on any atom is -0.381 e. The van der Waals surface area contributed by atoms with Crippen molar-refractivity contribution in [3.8, 4) is 0 Å². The summed E-state index contributed by atoms with van der Waals surface area (Å²) in [5.41, 5.74) is 5.66. The van der Waals surface area contributed by atoms with Crippen molar-refractivity contribution < 1.29 is 13.2 Å². The quantitative estimate of drug-likeness (QED) is 0.668. The average molecular weight is 331 g/mol. The molecule has 0 aliphatic heterocycles. The number of thiazole rings is 1. The van der Waals surface area contributed by atoms with Crippen LogP contribution in [0.3, 0.4) is 0 Å². The van der Waals surface area contributed by atoms with Crippen LogP contribution in [0.1, 0.15) is 19.8 Å². The molecule has 0 aliphatic rings. The number of anilines is 1. The summed E-state index contributed by atoms with van der Waals surface area (Å²) >= 11 is 1.29. The molecular formula is C11H17N5O3S2. The standard InChI is InChI=1S/C11H17N5O3S2/c1-2-4-13-8(17)3-5-14-21(18,19)10-9(12)15-11-16(10)6-7-20-11/h6-7,14H,2-5,12H2,1H3,(H,13,17). The Bertz CT molecular complexity index is 734. The van der Waals surface area contributed by atoms with Gasteiger partial charge in [-0.1, -0.05) is 6.92 Å². The lowest BCUT2D eigenvalue weighted by molar-refractivity contribution is -0.120. The van der Waals surface area contributed by atoms with Gasteiger partial charge in [0.2, 0.25) is 5.91 Å². The molecule has 0 fully saturated rings. The van der Waals surface area contributed by atoms with Gasteiger partial charge in [0.25, 0.3) is 10.0 Å². The molecule has 2 rings (SSSR count). The number of nitrogens with two attached hydrogens (primary N) is 1. The number of sulfonamides is 1. The minimum atomic E-state index is -3.81. The number of fused-ring (bicyclic) bond motifs is 1. The van der Waals surface area contributed by atoms with E-state index in [9.17, 15) is 13.2 Å². The zero-order chi connectivity index (χ0) is 15.5. The number of carbonyl (C=O) groups excluding carboxylic acids is 1. The van der Waals surface area contributed by atoms with Gasteiger partial charge in [-0.3, -0.25) is 9.20 Å². The van der Waals surface area contributed by atoms with Crippen molar-refractivity contribution >= 4 is 38.0 Å². The topological polar surface area (TPSA) is 119 Å². The number of nitrogens with one attached hydrogen (secondary N) is 2. The highest BCUT2D eigenvalue weighted by Crippen LogP contribution is 2.22. The highest BCUT2D eigenvalue weighted by Gasteiger charge is 2.24. The second-order valence-corrected chi connectivity index (χ2v) is 6.91. The molecule has 10 heteroatoms. The number of nitrogens with zero attached hydrogens (tertiary/aromatic N) is 2. The SMILES string of the molecule is CCCNC(=O)CCNS(=O)(=O)c1c(N)nc2sccn12. The van der Waals surface area contributed by atoms with Crippen molar-refractivity contribution in [1.82, 2.24) is 19.4 Å². The van der Waals surface area contributed by atoms with E-state index in [1.165, 1.54) is 15.7 Å². The van der Waals surface area contributed by atoms with Crippen LogP contribution in [0.25, 0.3) is 4.96 Å². The van der Waals surface area contributed by atoms with Crippen molar-refractivity contribution in [1.29, 1.82) is 0 Å². The Morgan fingerprint density at radius 2 is 2.24 bits per heavy atom. The molecule has 2 aromatic heterocycles. The molecule has 0 saturated carbocycles. The molecular weight excluding hydrogens is 314 g/mol. The van der Waals surface area contributed by atoms with Crippen LogP contribution in [0.15, 0.2) is 16.6 Å². The summed E-state index contributed by atoms with van der Waals surface area (Å²) in [7, 11) is -3.81. The van der Waals surface area contributed by atoms with Crippen LogP contribution in [0, 0.1) is 0 Å². The van der Waals surface area contributed by atoms with E-state index in [0.29, 0.717) is 11.5 Å². The molecule has 2 aromatic rings. The van der Waals surface area contributed by atoms with Gasteiger partial charge < -0.3 is 11.1 Å². The van der Waals surface area contributed by atoms with E-state index in [2.05, 4.69) is 15.0 Å². The van der Waals surface area contributed by atoms with Crippen molar-refractivity contribution in [2.45, 2.75) is 24.8 Å². The molecule has 0 atom stereocenters. The minimum absolute atomic E-state index is 0.00862. The fourth-order valence-electron chi connectivity index (χ4n) is 1.77. The number of rotatable bonds is 7. The van der Waals surface area contributed by atoms with Crippen LogP contribution < -0.4 is 15.8 Å². The summed E-state index contributed by atoms with van der Waals surface area (Å²) in [4.78, 5) is 15.9. The number of carbonyl (C=O) groups is 1. The highest BCUT2D eigenvalue weighted by molar-refractivity contribution is 7.89. The van der Waals surface area contributed by atoms with Crippen LogP contribution in [-0.2, 0) is 14.8 Å². The normalized spacial score (nSPS) is 11.9. The lowest BCUT2D eigenvalue weighted by Crippen LogP contribution is -2.31. The monoisotopic (exact) mass is 331 g/mol. The maximum absolute atomic E-state index is 12.2. The first-order chi connectivity index (χ1) is 9.95. The van der Waals surface area contributed by atoms with Crippen LogP contribution >= 0.6 is 11.3 Å². The first-order valence-electron chi connectivity index (χ1n) is 6.43. The van der Waals surface area contributed by atoms with Gasteiger partial charge in [-0.2, -0.15) is 0 Å². The third-order valence-corrected chi connectivity index (χ3v) is 4.97. The molecule has 116 valence electrons. The number of amides is 1. The van der Waals surface area contributed by atoms with Gasteiger partial charge in [-0.25, -0.2) is 18.1 Å². The fraction of sp³-hybridized carbons (Fsp3) is 0.455. The fourth-order valence-corrected chi connectivity index (χ4v) is 3.78. The maximum Gasteiger partial charge on any atom is 0.260 e. The number of hydrogen-bond donors (Lipinski definition) is 3. The zero-order valence-corrected chi connectivity index (χ0v) is 13.1. The molecule has 0 saturated heterocycles. The third-order valence-electron chi connectivity index (χ3n) is 2.71. The number of nitrogen functional groups attached to an aromatic ring is 1. The largest absolute Gasteiger partial charge is 0.381 e. The number of hydrogen-bond acceptors (Lipinski definition) is 6. The Kier molecular flexibility index (Phi) is 4.80. The number of aromatic nitrogens is 2. The van der Waals surface area contributed by atoms with Gasteiger partial charge in [-0.05, 0) is 6.42 Å². The summed E-state index contributed by atoms with van der Waals surface area (Å²) in [6.45, 7) is 2.53. The Morgan fingerprint density at radius 3 is 2.95 bits per heavy atom. The zero-order valence-electron chi connectivity index (χ0n) is 11.5. The molecule has 0 bridgehead atoms. The summed E-state index contributed by atoms with van der Waals surface area (Å²) in [6, 6.07) is 0. The van der Waals surface area contributed by atoms with E-state index in [0.717, 1.165) is 6.42 Å². The summed E-state index contributed by atoms with van der Waals surface area (Å²) in [5.74, 6) is -0.244. The molecule has 0 aromatic carbocycles. The average Bonchev–Trinajstić information content (AvgIpc) is 2.95. The van der Waals surface area contributed by atoms with Gasteiger partial charge in [-0.15, -0.1) is 11.3 Å². The van der Waals surface area contributed by atoms with E-state index in [1.807, 2.05) is 6.92 Å². The Balaban J connectivity index is 2.04. The molecule has 0 radical (unpaired) electrons. The molecule has 0 spiro atoms. The number of imidazole rings is 1. The third kappa shape index (κ3) is 3.52. The van der Waals surface area contributed by atoms with Gasteiger partial charge in [0.1, 0.15) is 0 Å². The second-order valence-electron chi connectivity index (χ2n) is 4.36. The van der Waals surface area contributed by atoms with Crippen molar-refractivity contribution in [2.24, 2.45) is 0 Å². The van der Waals surface area contributed by atoms with Crippen LogP contribution in [0.4, 0.5) is 5.82 Å². The molecule has 8 nitrogen and oxygen atoms in total.